The van der Waals surface area contributed by atoms with E-state index in [4.69, 9.17) is 4.74 Å². The highest BCUT2D eigenvalue weighted by Crippen LogP contribution is 2.11. The summed E-state index contributed by atoms with van der Waals surface area (Å²) in [5.74, 6) is 0. The molecular weight excluding hydrogens is 244 g/mol. The van der Waals surface area contributed by atoms with E-state index < -0.39 is 5.60 Å². The van der Waals surface area contributed by atoms with E-state index in [0.717, 1.165) is 31.7 Å². The normalized spacial score (nSPS) is 14.9. The first-order chi connectivity index (χ1) is 8.96. The van der Waals surface area contributed by atoms with Gasteiger partial charge in [-0.3, -0.25) is 0 Å². The summed E-state index contributed by atoms with van der Waals surface area (Å²) in [6.45, 7) is 8.89. The Morgan fingerprint density at radius 1 is 1.58 bits per heavy atom. The Morgan fingerprint density at radius 3 is 3.11 bits per heavy atom. The summed E-state index contributed by atoms with van der Waals surface area (Å²) in [4.78, 5) is 15.9. The van der Waals surface area contributed by atoms with Crippen LogP contribution in [0.2, 0.25) is 0 Å². The molecule has 0 aliphatic carbocycles. The van der Waals surface area contributed by atoms with Gasteiger partial charge in [-0.25, -0.2) is 9.78 Å². The summed E-state index contributed by atoms with van der Waals surface area (Å²) in [6.07, 6.45) is 2.22. The van der Waals surface area contributed by atoms with E-state index in [2.05, 4.69) is 20.2 Å². The van der Waals surface area contributed by atoms with Crippen LogP contribution in [0.25, 0.3) is 0 Å². The van der Waals surface area contributed by atoms with E-state index in [1.54, 1.807) is 0 Å². The van der Waals surface area contributed by atoms with Crippen molar-refractivity contribution in [3.63, 3.8) is 0 Å². The summed E-state index contributed by atoms with van der Waals surface area (Å²) < 4.78 is 7.35. The van der Waals surface area contributed by atoms with Crippen LogP contribution >= 0.6 is 0 Å². The molecule has 0 aromatic carbocycles. The van der Waals surface area contributed by atoms with Crippen LogP contribution in [0.5, 0.6) is 0 Å². The molecule has 0 spiro atoms. The lowest BCUT2D eigenvalue weighted by Crippen LogP contribution is -2.34. The van der Waals surface area contributed by atoms with Crippen LogP contribution in [0, 0.1) is 0 Å². The Morgan fingerprint density at radius 2 is 2.37 bits per heavy atom. The van der Waals surface area contributed by atoms with Gasteiger partial charge in [0.2, 0.25) is 0 Å². The summed E-state index contributed by atoms with van der Waals surface area (Å²) in [7, 11) is 0. The van der Waals surface area contributed by atoms with Crippen LogP contribution in [0.1, 0.15) is 32.2 Å². The number of alkyl carbamates (subject to hydrolysis) is 1. The maximum Gasteiger partial charge on any atom is 0.407 e. The topological polar surface area (TPSA) is 68.2 Å². The summed E-state index contributed by atoms with van der Waals surface area (Å²) in [5, 5.41) is 6.08. The minimum Gasteiger partial charge on any atom is -0.444 e. The van der Waals surface area contributed by atoms with Crippen molar-refractivity contribution in [3.8, 4) is 0 Å². The summed E-state index contributed by atoms with van der Waals surface area (Å²) >= 11 is 0. The fourth-order valence-electron chi connectivity index (χ4n) is 2.06. The van der Waals surface area contributed by atoms with Crippen LogP contribution in [-0.4, -0.2) is 34.3 Å². The average Bonchev–Trinajstić information content (AvgIpc) is 2.70. The average molecular weight is 266 g/mol. The van der Waals surface area contributed by atoms with Gasteiger partial charge in [0.05, 0.1) is 17.7 Å². The number of nitrogens with one attached hydrogen (secondary N) is 2. The van der Waals surface area contributed by atoms with Crippen molar-refractivity contribution in [2.75, 3.05) is 13.1 Å². The monoisotopic (exact) mass is 266 g/mol. The Labute approximate surface area is 113 Å². The van der Waals surface area contributed by atoms with Gasteiger partial charge in [-0.1, -0.05) is 0 Å². The maximum absolute atomic E-state index is 11.5. The molecule has 6 heteroatoms. The zero-order valence-corrected chi connectivity index (χ0v) is 11.8. The second-order valence-corrected chi connectivity index (χ2v) is 5.69. The van der Waals surface area contributed by atoms with Crippen molar-refractivity contribution < 1.29 is 9.53 Å². The van der Waals surface area contributed by atoms with Crippen molar-refractivity contribution in [2.24, 2.45) is 0 Å². The van der Waals surface area contributed by atoms with Crippen LogP contribution in [0.15, 0.2) is 6.33 Å². The number of amides is 1. The van der Waals surface area contributed by atoms with Crippen LogP contribution < -0.4 is 10.6 Å². The highest BCUT2D eigenvalue weighted by Gasteiger charge is 2.17. The maximum atomic E-state index is 11.5. The lowest BCUT2D eigenvalue weighted by molar-refractivity contribution is 0.0528. The van der Waals surface area contributed by atoms with E-state index in [1.807, 2.05) is 27.1 Å². The first kappa shape index (κ1) is 13.9. The van der Waals surface area contributed by atoms with Crippen LogP contribution in [-0.2, 0) is 24.2 Å². The second kappa shape index (κ2) is 5.61. The molecule has 106 valence electrons. The van der Waals surface area contributed by atoms with Crippen LogP contribution in [0.4, 0.5) is 4.79 Å². The number of rotatable bonds is 3. The number of nitrogens with zero attached hydrogens (tertiary/aromatic N) is 2. The molecule has 6 nitrogen and oxygen atoms in total. The van der Waals surface area contributed by atoms with Gasteiger partial charge in [0.15, 0.2) is 0 Å². The molecule has 1 amide bonds. The van der Waals surface area contributed by atoms with E-state index in [1.165, 1.54) is 5.69 Å². The standard InChI is InChI=1S/C13H22N4O2/c1-13(2,3)19-12(18)15-5-4-10-11-8-14-6-7-17(11)9-16-10/h9,14H,4-8H2,1-3H3,(H,15,18). The summed E-state index contributed by atoms with van der Waals surface area (Å²) in [6, 6.07) is 0. The molecule has 0 bridgehead atoms. The van der Waals surface area contributed by atoms with Crippen molar-refractivity contribution in [1.82, 2.24) is 20.2 Å². The van der Waals surface area contributed by atoms with Crippen molar-refractivity contribution in [1.29, 1.82) is 0 Å². The molecule has 1 aliphatic heterocycles. The minimum atomic E-state index is -0.457. The molecule has 0 atom stereocenters. The van der Waals surface area contributed by atoms with Crippen LogP contribution in [0.3, 0.4) is 0 Å². The predicted octanol–water partition coefficient (Wildman–Crippen LogP) is 1.05. The third-order valence-corrected chi connectivity index (χ3v) is 2.88. The van der Waals surface area contributed by atoms with Gasteiger partial charge in [0, 0.05) is 32.6 Å². The molecule has 1 aromatic heterocycles. The van der Waals surface area contributed by atoms with Crippen molar-refractivity contribution in [2.45, 2.75) is 45.9 Å². The van der Waals surface area contributed by atoms with E-state index in [9.17, 15) is 4.79 Å². The fourth-order valence-corrected chi connectivity index (χ4v) is 2.06. The van der Waals surface area contributed by atoms with E-state index >= 15 is 0 Å². The number of imidazole rings is 1. The Hall–Kier alpha value is -1.56. The third-order valence-electron chi connectivity index (χ3n) is 2.88. The molecule has 0 fully saturated rings. The molecule has 2 heterocycles. The smallest absolute Gasteiger partial charge is 0.407 e. The summed E-state index contributed by atoms with van der Waals surface area (Å²) in [5.41, 5.74) is 1.81. The van der Waals surface area contributed by atoms with Gasteiger partial charge in [-0.15, -0.1) is 0 Å². The molecule has 0 saturated carbocycles. The molecule has 19 heavy (non-hydrogen) atoms. The lowest BCUT2D eigenvalue weighted by Gasteiger charge is -2.20. The zero-order valence-electron chi connectivity index (χ0n) is 11.8. The molecule has 2 rings (SSSR count). The number of hydrogen-bond donors (Lipinski definition) is 2. The van der Waals surface area contributed by atoms with Gasteiger partial charge >= 0.3 is 6.09 Å². The van der Waals surface area contributed by atoms with E-state index in [-0.39, 0.29) is 6.09 Å². The van der Waals surface area contributed by atoms with Gasteiger partial charge < -0.3 is 19.9 Å². The molecule has 2 N–H and O–H groups in total. The van der Waals surface area contributed by atoms with Crippen molar-refractivity contribution in [3.05, 3.63) is 17.7 Å². The number of aromatic nitrogens is 2. The molecule has 1 aliphatic rings. The van der Waals surface area contributed by atoms with Crippen molar-refractivity contribution >= 4 is 6.09 Å². The lowest BCUT2D eigenvalue weighted by atomic mass is 10.2. The third kappa shape index (κ3) is 3.96. The zero-order chi connectivity index (χ0) is 13.9. The quantitative estimate of drug-likeness (QED) is 0.858. The van der Waals surface area contributed by atoms with Gasteiger partial charge in [-0.05, 0) is 20.8 Å². The minimum absolute atomic E-state index is 0.376. The van der Waals surface area contributed by atoms with Gasteiger partial charge in [0.25, 0.3) is 0 Å². The number of fused-ring (bicyclic) bond motifs is 1. The fraction of sp³-hybridized carbons (Fsp3) is 0.692. The highest BCUT2D eigenvalue weighted by molar-refractivity contribution is 5.67. The SMILES string of the molecule is CC(C)(C)OC(=O)NCCc1ncn2c1CNCC2. The number of carbonyl (C=O) groups excluding carboxylic acids is 1. The predicted molar refractivity (Wildman–Crippen MR) is 71.9 cm³/mol. The molecule has 0 saturated heterocycles. The number of hydrogen-bond acceptors (Lipinski definition) is 4. The Balaban J connectivity index is 1.80. The largest absolute Gasteiger partial charge is 0.444 e. The molecular formula is C13H22N4O2. The number of ether oxygens (including phenoxy) is 1. The first-order valence-corrected chi connectivity index (χ1v) is 6.66. The number of carbonyl (C=O) groups is 1. The molecule has 0 radical (unpaired) electrons. The Bertz CT molecular complexity index is 448. The molecule has 0 unspecified atom stereocenters. The Kier molecular flexibility index (Phi) is 4.09. The first-order valence-electron chi connectivity index (χ1n) is 6.66. The van der Waals surface area contributed by atoms with Gasteiger partial charge in [0.1, 0.15) is 5.60 Å². The van der Waals surface area contributed by atoms with E-state index in [0.29, 0.717) is 6.54 Å². The molecule has 1 aromatic rings. The van der Waals surface area contributed by atoms with Gasteiger partial charge in [-0.2, -0.15) is 0 Å². The highest BCUT2D eigenvalue weighted by atomic mass is 16.6. The second-order valence-electron chi connectivity index (χ2n) is 5.69.